The van der Waals surface area contributed by atoms with E-state index in [-0.39, 0.29) is 31.9 Å². The van der Waals surface area contributed by atoms with E-state index in [9.17, 15) is 26.3 Å². The Balaban J connectivity index is 0.000000241. The second-order valence-electron chi connectivity index (χ2n) is 14.3. The van der Waals surface area contributed by atoms with Crippen LogP contribution in [0.3, 0.4) is 0 Å². The van der Waals surface area contributed by atoms with E-state index in [4.69, 9.17) is 48.9 Å². The summed E-state index contributed by atoms with van der Waals surface area (Å²) in [5.41, 5.74) is 8.65. The molecule has 64 heavy (non-hydrogen) atoms. The van der Waals surface area contributed by atoms with E-state index >= 15 is 0 Å². The molecule has 0 radical (unpaired) electrons. The smallest absolute Gasteiger partial charge is 0.416 e. The van der Waals surface area contributed by atoms with Gasteiger partial charge in [0.05, 0.1) is 44.8 Å². The molecule has 18 heteroatoms. The van der Waals surface area contributed by atoms with Crippen molar-refractivity contribution in [1.29, 1.82) is 5.26 Å². The van der Waals surface area contributed by atoms with Crippen molar-refractivity contribution in [3.63, 3.8) is 0 Å². The van der Waals surface area contributed by atoms with Gasteiger partial charge in [-0.2, -0.15) is 31.6 Å². The molecule has 0 saturated carbocycles. The minimum absolute atomic E-state index is 0.0478. The van der Waals surface area contributed by atoms with Crippen molar-refractivity contribution in [3.05, 3.63) is 138 Å². The van der Waals surface area contributed by atoms with E-state index in [0.29, 0.717) is 48.2 Å². The first-order chi connectivity index (χ1) is 30.5. The van der Waals surface area contributed by atoms with Crippen molar-refractivity contribution in [2.45, 2.75) is 90.8 Å². The molecule has 3 N–H and O–H groups in total. The lowest BCUT2D eigenvalue weighted by atomic mass is 10.1. The van der Waals surface area contributed by atoms with E-state index in [1.165, 1.54) is 46.9 Å². The number of unbranched alkanes of at least 4 members (excludes halogenated alkanes) is 2. The zero-order valence-corrected chi connectivity index (χ0v) is 37.8. The van der Waals surface area contributed by atoms with Crippen LogP contribution in [0.4, 0.5) is 26.3 Å². The lowest BCUT2D eigenvalue weighted by Crippen LogP contribution is -2.14. The van der Waals surface area contributed by atoms with Gasteiger partial charge in [0.1, 0.15) is 40.6 Å². The molecule has 0 unspecified atom stereocenters. The van der Waals surface area contributed by atoms with Crippen LogP contribution in [0.2, 0.25) is 10.0 Å². The molecule has 2 aromatic heterocycles. The van der Waals surface area contributed by atoms with E-state index in [1.807, 2.05) is 0 Å². The average Bonchev–Trinajstić information content (AvgIpc) is 3.88. The number of amidine groups is 1. The van der Waals surface area contributed by atoms with Crippen LogP contribution >= 0.6 is 45.9 Å². The van der Waals surface area contributed by atoms with E-state index in [1.54, 1.807) is 36.4 Å². The average molecular weight is 963 g/mol. The SMILES string of the molecule is CCCCc1nc(-c2ccc(C(F)(F)F)cc2)sc1COc1ccc(CC#N)c(Cl)c1.CCCCc1nc(-c2ccc(C(F)(F)F)cc2)sc1COc1ccc(CC(N)=NO)c(Cl)c1. The Morgan fingerprint density at radius 3 is 1.48 bits per heavy atom. The number of rotatable bonds is 17. The molecule has 0 amide bonds. The number of hydrogen-bond acceptors (Lipinski definition) is 9. The molecule has 0 bridgehead atoms. The summed E-state index contributed by atoms with van der Waals surface area (Å²) in [4.78, 5) is 11.2. The zero-order chi connectivity index (χ0) is 46.4. The Morgan fingerprint density at radius 2 is 1.12 bits per heavy atom. The van der Waals surface area contributed by atoms with E-state index in [2.05, 4.69) is 35.0 Å². The summed E-state index contributed by atoms with van der Waals surface area (Å²) in [7, 11) is 0. The van der Waals surface area contributed by atoms with Gasteiger partial charge in [0.2, 0.25) is 0 Å². The van der Waals surface area contributed by atoms with Crippen LogP contribution in [0.25, 0.3) is 21.1 Å². The third kappa shape index (κ3) is 14.1. The molecule has 0 aliphatic carbocycles. The molecule has 0 atom stereocenters. The summed E-state index contributed by atoms with van der Waals surface area (Å²) in [5, 5.41) is 22.7. The molecular weight excluding hydrogens is 920 g/mol. The molecule has 6 rings (SSSR count). The maximum absolute atomic E-state index is 12.9. The van der Waals surface area contributed by atoms with Gasteiger partial charge in [0.25, 0.3) is 0 Å². The Labute approximate surface area is 384 Å². The first-order valence-electron chi connectivity index (χ1n) is 20.0. The predicted molar refractivity (Wildman–Crippen MR) is 240 cm³/mol. The number of alkyl halides is 6. The third-order valence-corrected chi connectivity index (χ3v) is 12.5. The maximum Gasteiger partial charge on any atom is 0.416 e. The van der Waals surface area contributed by atoms with Gasteiger partial charge in [-0.15, -0.1) is 22.7 Å². The number of nitrogens with zero attached hydrogens (tertiary/aromatic N) is 4. The topological polar surface area (TPSA) is 127 Å². The molecule has 0 fully saturated rings. The predicted octanol–water partition coefficient (Wildman–Crippen LogP) is 14.2. The van der Waals surface area contributed by atoms with Crippen molar-refractivity contribution in [3.8, 4) is 38.7 Å². The van der Waals surface area contributed by atoms with Gasteiger partial charge in [-0.3, -0.25) is 0 Å². The number of benzene rings is 4. The normalized spacial score (nSPS) is 11.8. The standard InChI is InChI=1S/C23H23ClF3N3O2S.C23H20ClF3N2OS/c1-2-3-4-19-20(13-32-17-10-7-15(18(24)12-17)11-21(28)30-31)33-22(29-19)14-5-8-16(9-6-14)23(25,26)27;1-2-3-4-20-21(14-30-18-10-7-15(11-12-28)19(24)13-18)31-22(29-20)16-5-8-17(9-6-16)23(25,26)27/h5-10,12,31H,2-4,11,13H2,1H3,(H2,28,30);5-10,13H,2-4,11,14H2,1H3. The van der Waals surface area contributed by atoms with Crippen LogP contribution in [0.15, 0.2) is 90.1 Å². The third-order valence-electron chi connectivity index (χ3n) is 9.57. The highest BCUT2D eigenvalue weighted by Crippen LogP contribution is 2.36. The molecule has 0 saturated heterocycles. The largest absolute Gasteiger partial charge is 0.488 e. The number of nitrogens with two attached hydrogens (primary N) is 1. The monoisotopic (exact) mass is 961 g/mol. The quantitative estimate of drug-likeness (QED) is 0.0306. The lowest BCUT2D eigenvalue weighted by molar-refractivity contribution is -0.138. The molecule has 0 spiro atoms. The van der Waals surface area contributed by atoms with Gasteiger partial charge >= 0.3 is 12.4 Å². The first kappa shape index (κ1) is 49.7. The van der Waals surface area contributed by atoms with Gasteiger partial charge < -0.3 is 20.4 Å². The fraction of sp³-hybridized carbons (Fsp3) is 0.304. The van der Waals surface area contributed by atoms with Crippen LogP contribution in [0.1, 0.15) is 82.9 Å². The molecule has 2 heterocycles. The van der Waals surface area contributed by atoms with Crippen molar-refractivity contribution < 1.29 is 41.0 Å². The summed E-state index contributed by atoms with van der Waals surface area (Å²) in [6.45, 7) is 4.71. The van der Waals surface area contributed by atoms with Crippen molar-refractivity contribution in [1.82, 2.24) is 9.97 Å². The van der Waals surface area contributed by atoms with Gasteiger partial charge in [-0.25, -0.2) is 9.97 Å². The zero-order valence-electron chi connectivity index (χ0n) is 34.6. The van der Waals surface area contributed by atoms with Crippen LogP contribution < -0.4 is 15.2 Å². The number of hydrogen-bond donors (Lipinski definition) is 2. The minimum Gasteiger partial charge on any atom is -0.488 e. The first-order valence-corrected chi connectivity index (χ1v) is 22.4. The number of aryl methyl sites for hydroxylation is 2. The highest BCUT2D eigenvalue weighted by Gasteiger charge is 2.31. The summed E-state index contributed by atoms with van der Waals surface area (Å²) in [5.74, 6) is 1.18. The number of ether oxygens (including phenoxy) is 2. The Morgan fingerprint density at radius 1 is 0.703 bits per heavy atom. The number of oxime groups is 1. The number of aromatic nitrogens is 2. The van der Waals surface area contributed by atoms with Crippen LogP contribution in [0, 0.1) is 11.3 Å². The Bertz CT molecular complexity index is 2540. The fourth-order valence-corrected chi connectivity index (χ4v) is 8.59. The maximum atomic E-state index is 12.9. The van der Waals surface area contributed by atoms with Gasteiger partial charge in [-0.1, -0.05) is 91.4 Å². The molecule has 0 aliphatic rings. The van der Waals surface area contributed by atoms with Crippen LogP contribution in [-0.4, -0.2) is 21.0 Å². The Hall–Kier alpha value is -5.34. The van der Waals surface area contributed by atoms with Gasteiger partial charge in [-0.05, 0) is 85.3 Å². The fourth-order valence-electron chi connectivity index (χ4n) is 6.06. The van der Waals surface area contributed by atoms with Crippen molar-refractivity contribution >= 4 is 51.7 Å². The highest BCUT2D eigenvalue weighted by molar-refractivity contribution is 7.15. The second-order valence-corrected chi connectivity index (χ2v) is 17.3. The van der Waals surface area contributed by atoms with E-state index in [0.717, 1.165) is 89.5 Å². The van der Waals surface area contributed by atoms with E-state index < -0.39 is 23.5 Å². The molecule has 4 aromatic carbocycles. The summed E-state index contributed by atoms with van der Waals surface area (Å²) in [6, 6.07) is 22.5. The minimum atomic E-state index is -4.37. The Kier molecular flexibility index (Phi) is 17.9. The highest BCUT2D eigenvalue weighted by atomic mass is 35.5. The van der Waals surface area contributed by atoms with Crippen molar-refractivity contribution in [2.24, 2.45) is 10.9 Å². The van der Waals surface area contributed by atoms with Crippen LogP contribution in [0.5, 0.6) is 11.5 Å². The lowest BCUT2D eigenvalue weighted by Gasteiger charge is -2.09. The molecule has 8 nitrogen and oxygen atoms in total. The number of halogens is 8. The van der Waals surface area contributed by atoms with Crippen LogP contribution in [-0.2, 0) is 51.2 Å². The van der Waals surface area contributed by atoms with Gasteiger partial charge in [0, 0.05) is 27.6 Å². The summed E-state index contributed by atoms with van der Waals surface area (Å²) >= 11 is 15.3. The number of nitriles is 1. The molecular formula is C46H43Cl2F6N5O3S2. The molecule has 0 aliphatic heterocycles. The summed E-state index contributed by atoms with van der Waals surface area (Å²) in [6.07, 6.45) is -2.88. The number of thiazole rings is 2. The molecule has 338 valence electrons. The van der Waals surface area contributed by atoms with Gasteiger partial charge in [0.15, 0.2) is 0 Å². The summed E-state index contributed by atoms with van der Waals surface area (Å²) < 4.78 is 88.9. The second kappa shape index (κ2) is 23.0. The molecule has 6 aromatic rings. The van der Waals surface area contributed by atoms with Crippen molar-refractivity contribution in [2.75, 3.05) is 0 Å².